The number of hydrogen-bond donors (Lipinski definition) is 2. The van der Waals surface area contributed by atoms with Crippen LogP contribution in [0.2, 0.25) is 0 Å². The van der Waals surface area contributed by atoms with Crippen LogP contribution in [0.1, 0.15) is 37.3 Å². The number of nitrogens with zero attached hydrogens (tertiary/aromatic N) is 1. The van der Waals surface area contributed by atoms with Crippen molar-refractivity contribution in [1.29, 1.82) is 0 Å². The van der Waals surface area contributed by atoms with Crippen molar-refractivity contribution in [3.05, 3.63) is 53.6 Å². The van der Waals surface area contributed by atoms with E-state index in [1.54, 1.807) is 19.2 Å². The Morgan fingerprint density at radius 2 is 1.76 bits per heavy atom. The topological polar surface area (TPSA) is 89.0 Å². The highest BCUT2D eigenvalue weighted by Crippen LogP contribution is 2.27. The van der Waals surface area contributed by atoms with E-state index >= 15 is 0 Å². The first-order valence-corrected chi connectivity index (χ1v) is 9.51. The first-order valence-electron chi connectivity index (χ1n) is 9.51. The lowest BCUT2D eigenvalue weighted by Gasteiger charge is -2.10. The van der Waals surface area contributed by atoms with E-state index < -0.39 is 0 Å². The van der Waals surface area contributed by atoms with Gasteiger partial charge in [0.25, 0.3) is 0 Å². The van der Waals surface area contributed by atoms with Crippen LogP contribution in [0.15, 0.2) is 47.6 Å². The van der Waals surface area contributed by atoms with Crippen molar-refractivity contribution in [2.24, 2.45) is 5.10 Å². The van der Waals surface area contributed by atoms with Gasteiger partial charge in [-0.2, -0.15) is 5.10 Å². The standard InChI is InChI=1S/C22H27N3O4/c1-4-13-29-19-10-7-17(14-20(19)28-3)15-23-25-22(27)12-11-21(26)24-18-8-5-16(2)6-9-18/h5-10,14-15H,4,11-13H2,1-3H3,(H,24,26)(H,25,27)/b23-15+. The summed E-state index contributed by atoms with van der Waals surface area (Å²) in [7, 11) is 1.57. The van der Waals surface area contributed by atoms with E-state index in [4.69, 9.17) is 9.47 Å². The van der Waals surface area contributed by atoms with Crippen LogP contribution < -0.4 is 20.2 Å². The number of methoxy groups -OCH3 is 1. The van der Waals surface area contributed by atoms with Gasteiger partial charge in [0.2, 0.25) is 11.8 Å². The summed E-state index contributed by atoms with van der Waals surface area (Å²) in [5.41, 5.74) is 5.00. The van der Waals surface area contributed by atoms with Crippen LogP contribution in [-0.4, -0.2) is 31.7 Å². The van der Waals surface area contributed by atoms with Gasteiger partial charge in [-0.05, 0) is 49.2 Å². The van der Waals surface area contributed by atoms with Gasteiger partial charge in [-0.25, -0.2) is 5.43 Å². The quantitative estimate of drug-likeness (QED) is 0.473. The zero-order valence-electron chi connectivity index (χ0n) is 17.0. The minimum absolute atomic E-state index is 0.0438. The second kappa shape index (κ2) is 11.5. The highest BCUT2D eigenvalue weighted by Gasteiger charge is 2.07. The molecular weight excluding hydrogens is 370 g/mol. The third-order valence-corrected chi connectivity index (χ3v) is 3.97. The molecule has 0 saturated heterocycles. The number of rotatable bonds is 10. The first-order chi connectivity index (χ1) is 14.0. The minimum atomic E-state index is -0.338. The zero-order chi connectivity index (χ0) is 21.1. The van der Waals surface area contributed by atoms with Crippen LogP contribution in [0.25, 0.3) is 0 Å². The molecule has 0 aromatic heterocycles. The van der Waals surface area contributed by atoms with Crippen molar-refractivity contribution in [3.8, 4) is 11.5 Å². The summed E-state index contributed by atoms with van der Waals surface area (Å²) in [5, 5.41) is 6.68. The van der Waals surface area contributed by atoms with Crippen molar-refractivity contribution >= 4 is 23.7 Å². The smallest absolute Gasteiger partial charge is 0.240 e. The number of carbonyl (C=O) groups excluding carboxylic acids is 2. The molecule has 2 amide bonds. The molecule has 0 aliphatic carbocycles. The van der Waals surface area contributed by atoms with Gasteiger partial charge in [0.1, 0.15) is 0 Å². The number of aryl methyl sites for hydroxylation is 1. The average Bonchev–Trinajstić information content (AvgIpc) is 2.72. The molecule has 0 saturated carbocycles. The van der Waals surface area contributed by atoms with Crippen LogP contribution in [0.3, 0.4) is 0 Å². The van der Waals surface area contributed by atoms with E-state index in [9.17, 15) is 9.59 Å². The summed E-state index contributed by atoms with van der Waals surface area (Å²) >= 11 is 0. The number of amides is 2. The number of carbonyl (C=O) groups is 2. The Bertz CT molecular complexity index is 848. The number of ether oxygens (including phenoxy) is 2. The van der Waals surface area contributed by atoms with Gasteiger partial charge >= 0.3 is 0 Å². The van der Waals surface area contributed by atoms with Crippen molar-refractivity contribution in [1.82, 2.24) is 5.43 Å². The van der Waals surface area contributed by atoms with Crippen molar-refractivity contribution in [3.63, 3.8) is 0 Å². The van der Waals surface area contributed by atoms with Gasteiger partial charge in [0, 0.05) is 18.5 Å². The number of hydrogen-bond acceptors (Lipinski definition) is 5. The maximum absolute atomic E-state index is 11.9. The molecule has 0 heterocycles. The third kappa shape index (κ3) is 7.65. The molecule has 0 radical (unpaired) electrons. The van der Waals surface area contributed by atoms with Crippen molar-refractivity contribution < 1.29 is 19.1 Å². The van der Waals surface area contributed by atoms with Crippen LogP contribution in [0.4, 0.5) is 5.69 Å². The fourth-order valence-corrected chi connectivity index (χ4v) is 2.42. The minimum Gasteiger partial charge on any atom is -0.493 e. The molecule has 154 valence electrons. The molecule has 0 spiro atoms. The Morgan fingerprint density at radius 1 is 1.03 bits per heavy atom. The Kier molecular flexibility index (Phi) is 8.69. The summed E-state index contributed by atoms with van der Waals surface area (Å²) in [6.45, 7) is 4.61. The first kappa shape index (κ1) is 21.9. The Hall–Kier alpha value is -3.35. The highest BCUT2D eigenvalue weighted by atomic mass is 16.5. The molecule has 0 aliphatic rings. The summed E-state index contributed by atoms with van der Waals surface area (Å²) in [6, 6.07) is 12.9. The van der Waals surface area contributed by atoms with E-state index in [1.807, 2.05) is 44.2 Å². The van der Waals surface area contributed by atoms with Crippen LogP contribution in [-0.2, 0) is 9.59 Å². The molecule has 0 unspecified atom stereocenters. The monoisotopic (exact) mass is 397 g/mol. The largest absolute Gasteiger partial charge is 0.493 e. The Morgan fingerprint density at radius 3 is 2.45 bits per heavy atom. The highest BCUT2D eigenvalue weighted by molar-refractivity contribution is 5.93. The molecule has 29 heavy (non-hydrogen) atoms. The molecule has 0 aliphatic heterocycles. The predicted molar refractivity (Wildman–Crippen MR) is 114 cm³/mol. The molecule has 0 fully saturated rings. The number of nitrogens with one attached hydrogen (secondary N) is 2. The lowest BCUT2D eigenvalue weighted by molar-refractivity contribution is -0.124. The predicted octanol–water partition coefficient (Wildman–Crippen LogP) is 3.66. The molecule has 0 bridgehead atoms. The average molecular weight is 397 g/mol. The van der Waals surface area contributed by atoms with E-state index in [2.05, 4.69) is 15.8 Å². The number of benzene rings is 2. The summed E-state index contributed by atoms with van der Waals surface area (Å²) < 4.78 is 10.9. The van der Waals surface area contributed by atoms with E-state index in [0.717, 1.165) is 17.5 Å². The van der Waals surface area contributed by atoms with Gasteiger partial charge in [0.05, 0.1) is 19.9 Å². The maximum atomic E-state index is 11.9. The number of anilines is 1. The van der Waals surface area contributed by atoms with Gasteiger partial charge in [-0.15, -0.1) is 0 Å². The molecule has 2 aromatic carbocycles. The van der Waals surface area contributed by atoms with Gasteiger partial charge in [0.15, 0.2) is 11.5 Å². The maximum Gasteiger partial charge on any atom is 0.240 e. The fraction of sp³-hybridized carbons (Fsp3) is 0.318. The molecule has 2 N–H and O–H groups in total. The van der Waals surface area contributed by atoms with E-state index in [1.165, 1.54) is 6.21 Å². The van der Waals surface area contributed by atoms with Crippen molar-refractivity contribution in [2.45, 2.75) is 33.1 Å². The lowest BCUT2D eigenvalue weighted by Crippen LogP contribution is -2.20. The summed E-state index contributed by atoms with van der Waals surface area (Å²) in [4.78, 5) is 23.8. The van der Waals surface area contributed by atoms with Crippen LogP contribution in [0.5, 0.6) is 11.5 Å². The number of hydrazone groups is 1. The SMILES string of the molecule is CCCOc1ccc(/C=N/NC(=O)CCC(=O)Nc2ccc(C)cc2)cc1OC. The lowest BCUT2D eigenvalue weighted by atomic mass is 10.2. The third-order valence-electron chi connectivity index (χ3n) is 3.97. The van der Waals surface area contributed by atoms with Gasteiger partial charge in [-0.3, -0.25) is 9.59 Å². The normalized spacial score (nSPS) is 10.6. The fourth-order valence-electron chi connectivity index (χ4n) is 2.42. The Labute approximate surface area is 171 Å². The molecule has 7 heteroatoms. The Balaban J connectivity index is 1.78. The summed E-state index contributed by atoms with van der Waals surface area (Å²) in [5.74, 6) is 0.701. The van der Waals surface area contributed by atoms with Crippen LogP contribution >= 0.6 is 0 Å². The van der Waals surface area contributed by atoms with Crippen LogP contribution in [0, 0.1) is 6.92 Å². The molecule has 2 aromatic rings. The zero-order valence-corrected chi connectivity index (χ0v) is 17.0. The van der Waals surface area contributed by atoms with E-state index in [-0.39, 0.29) is 24.7 Å². The van der Waals surface area contributed by atoms with Crippen molar-refractivity contribution in [2.75, 3.05) is 19.0 Å². The second-order valence-electron chi connectivity index (χ2n) is 6.47. The second-order valence-corrected chi connectivity index (χ2v) is 6.47. The van der Waals surface area contributed by atoms with Gasteiger partial charge in [-0.1, -0.05) is 24.6 Å². The van der Waals surface area contributed by atoms with E-state index in [0.29, 0.717) is 23.8 Å². The molecule has 7 nitrogen and oxygen atoms in total. The van der Waals surface area contributed by atoms with Gasteiger partial charge < -0.3 is 14.8 Å². The molecular formula is C22H27N3O4. The summed E-state index contributed by atoms with van der Waals surface area (Å²) in [6.07, 6.45) is 2.53. The molecule has 2 rings (SSSR count). The molecule has 0 atom stereocenters.